The number of hydrogen-bond acceptors (Lipinski definition) is 2. The van der Waals surface area contributed by atoms with Gasteiger partial charge in [0.05, 0.1) is 6.33 Å². The van der Waals surface area contributed by atoms with Crippen LogP contribution in [0.2, 0.25) is 0 Å². The van der Waals surface area contributed by atoms with Crippen molar-refractivity contribution in [3.05, 3.63) is 83.9 Å². The number of imidazole rings is 1. The predicted octanol–water partition coefficient (Wildman–Crippen LogP) is 3.82. The van der Waals surface area contributed by atoms with Gasteiger partial charge >= 0.3 is 6.03 Å². The SMILES string of the molecule is CCc1ccc(NC(=O)NCc2cccc(Cn3ccnc3)c2)cc1. The molecule has 3 aromatic rings. The lowest BCUT2D eigenvalue weighted by molar-refractivity contribution is 0.251. The maximum Gasteiger partial charge on any atom is 0.319 e. The Hall–Kier alpha value is -3.08. The largest absolute Gasteiger partial charge is 0.334 e. The van der Waals surface area contributed by atoms with Crippen molar-refractivity contribution in [3.8, 4) is 0 Å². The first-order chi connectivity index (χ1) is 12.2. The molecule has 0 aliphatic heterocycles. The van der Waals surface area contributed by atoms with E-state index in [2.05, 4.69) is 34.7 Å². The molecule has 1 aromatic heterocycles. The molecule has 1 heterocycles. The lowest BCUT2D eigenvalue weighted by Crippen LogP contribution is -2.28. The zero-order valence-electron chi connectivity index (χ0n) is 14.3. The summed E-state index contributed by atoms with van der Waals surface area (Å²) in [6.07, 6.45) is 6.48. The summed E-state index contributed by atoms with van der Waals surface area (Å²) in [7, 11) is 0. The van der Waals surface area contributed by atoms with E-state index in [9.17, 15) is 4.79 Å². The quantitative estimate of drug-likeness (QED) is 0.720. The van der Waals surface area contributed by atoms with Crippen LogP contribution in [0.25, 0.3) is 0 Å². The Kier molecular flexibility index (Phi) is 5.46. The van der Waals surface area contributed by atoms with Gasteiger partial charge in [0.1, 0.15) is 0 Å². The van der Waals surface area contributed by atoms with E-state index in [1.807, 2.05) is 47.2 Å². The Bertz CT molecular complexity index is 810. The van der Waals surface area contributed by atoms with E-state index in [-0.39, 0.29) is 6.03 Å². The van der Waals surface area contributed by atoms with Crippen LogP contribution in [0.4, 0.5) is 10.5 Å². The Morgan fingerprint density at radius 2 is 1.88 bits per heavy atom. The van der Waals surface area contributed by atoms with Crippen molar-refractivity contribution in [2.45, 2.75) is 26.4 Å². The number of benzene rings is 2. The zero-order valence-corrected chi connectivity index (χ0v) is 14.3. The van der Waals surface area contributed by atoms with Crippen LogP contribution in [0.15, 0.2) is 67.3 Å². The number of nitrogens with zero attached hydrogens (tertiary/aromatic N) is 2. The highest BCUT2D eigenvalue weighted by Gasteiger charge is 2.03. The highest BCUT2D eigenvalue weighted by atomic mass is 16.2. The number of carbonyl (C=O) groups excluding carboxylic acids is 1. The van der Waals surface area contributed by atoms with Gasteiger partial charge in [-0.25, -0.2) is 9.78 Å². The number of amides is 2. The van der Waals surface area contributed by atoms with E-state index in [4.69, 9.17) is 0 Å². The van der Waals surface area contributed by atoms with E-state index in [1.54, 1.807) is 12.5 Å². The van der Waals surface area contributed by atoms with Gasteiger partial charge in [0.25, 0.3) is 0 Å². The minimum absolute atomic E-state index is 0.204. The van der Waals surface area contributed by atoms with E-state index in [0.29, 0.717) is 6.54 Å². The maximum absolute atomic E-state index is 12.0. The van der Waals surface area contributed by atoms with Gasteiger partial charge < -0.3 is 15.2 Å². The summed E-state index contributed by atoms with van der Waals surface area (Å²) >= 11 is 0. The second kappa shape index (κ2) is 8.15. The first kappa shape index (κ1) is 16.8. The number of nitrogens with one attached hydrogen (secondary N) is 2. The van der Waals surface area contributed by atoms with Crippen LogP contribution in [0.5, 0.6) is 0 Å². The van der Waals surface area contributed by atoms with Crippen LogP contribution in [-0.2, 0) is 19.5 Å². The van der Waals surface area contributed by atoms with Crippen molar-refractivity contribution < 1.29 is 4.79 Å². The highest BCUT2D eigenvalue weighted by Crippen LogP contribution is 2.10. The number of anilines is 1. The molecule has 5 heteroatoms. The molecule has 2 aromatic carbocycles. The normalized spacial score (nSPS) is 10.4. The molecule has 0 saturated carbocycles. The molecule has 0 spiro atoms. The van der Waals surface area contributed by atoms with Crippen molar-refractivity contribution in [1.29, 1.82) is 0 Å². The van der Waals surface area contributed by atoms with Crippen LogP contribution >= 0.6 is 0 Å². The summed E-state index contributed by atoms with van der Waals surface area (Å²) < 4.78 is 2.01. The summed E-state index contributed by atoms with van der Waals surface area (Å²) in [6.45, 7) is 3.36. The number of aromatic nitrogens is 2. The second-order valence-electron chi connectivity index (χ2n) is 5.91. The molecule has 0 saturated heterocycles. The van der Waals surface area contributed by atoms with E-state index < -0.39 is 0 Å². The van der Waals surface area contributed by atoms with Crippen molar-refractivity contribution in [2.75, 3.05) is 5.32 Å². The molecule has 0 fully saturated rings. The molecule has 3 rings (SSSR count). The minimum atomic E-state index is -0.204. The van der Waals surface area contributed by atoms with Gasteiger partial charge in [0, 0.05) is 31.2 Å². The zero-order chi connectivity index (χ0) is 17.5. The Labute approximate surface area is 147 Å². The summed E-state index contributed by atoms with van der Waals surface area (Å²) in [5.74, 6) is 0. The van der Waals surface area contributed by atoms with Gasteiger partial charge in [-0.05, 0) is 35.2 Å². The van der Waals surface area contributed by atoms with Crippen LogP contribution in [0.3, 0.4) is 0 Å². The first-order valence-electron chi connectivity index (χ1n) is 8.40. The van der Waals surface area contributed by atoms with Gasteiger partial charge in [0.15, 0.2) is 0 Å². The average molecular weight is 334 g/mol. The van der Waals surface area contributed by atoms with Gasteiger partial charge in [-0.2, -0.15) is 0 Å². The van der Waals surface area contributed by atoms with E-state index in [1.165, 1.54) is 11.1 Å². The number of urea groups is 1. The Morgan fingerprint density at radius 3 is 2.60 bits per heavy atom. The molecule has 0 aliphatic rings. The molecule has 2 N–H and O–H groups in total. The average Bonchev–Trinajstić information content (AvgIpc) is 3.14. The standard InChI is InChI=1S/C20H22N4O/c1-2-16-6-8-19(9-7-16)23-20(25)22-13-17-4-3-5-18(12-17)14-24-11-10-21-15-24/h3-12,15H,2,13-14H2,1H3,(H2,22,23,25). The molecule has 2 amide bonds. The topological polar surface area (TPSA) is 59.0 Å². The molecule has 25 heavy (non-hydrogen) atoms. The third-order valence-electron chi connectivity index (χ3n) is 3.99. The van der Waals surface area contributed by atoms with Crippen LogP contribution < -0.4 is 10.6 Å². The fourth-order valence-electron chi connectivity index (χ4n) is 2.61. The molecule has 0 unspecified atom stereocenters. The third-order valence-corrected chi connectivity index (χ3v) is 3.99. The Balaban J connectivity index is 1.52. The second-order valence-corrected chi connectivity index (χ2v) is 5.91. The highest BCUT2D eigenvalue weighted by molar-refractivity contribution is 5.89. The van der Waals surface area contributed by atoms with Crippen LogP contribution in [0, 0.1) is 0 Å². The Morgan fingerprint density at radius 1 is 1.08 bits per heavy atom. The van der Waals surface area contributed by atoms with Crippen LogP contribution in [-0.4, -0.2) is 15.6 Å². The molecule has 128 valence electrons. The monoisotopic (exact) mass is 334 g/mol. The minimum Gasteiger partial charge on any atom is -0.334 e. The number of carbonyl (C=O) groups is 1. The van der Waals surface area contributed by atoms with Gasteiger partial charge in [-0.15, -0.1) is 0 Å². The van der Waals surface area contributed by atoms with Gasteiger partial charge in [0.2, 0.25) is 0 Å². The van der Waals surface area contributed by atoms with E-state index in [0.717, 1.165) is 24.2 Å². The molecule has 0 aliphatic carbocycles. The van der Waals surface area contributed by atoms with Crippen LogP contribution in [0.1, 0.15) is 23.6 Å². The maximum atomic E-state index is 12.0. The predicted molar refractivity (Wildman–Crippen MR) is 99.4 cm³/mol. The lowest BCUT2D eigenvalue weighted by Gasteiger charge is -2.10. The molecule has 0 atom stereocenters. The molecular formula is C20H22N4O. The molecule has 0 radical (unpaired) electrons. The fourth-order valence-corrected chi connectivity index (χ4v) is 2.61. The van der Waals surface area contributed by atoms with Crippen molar-refractivity contribution in [1.82, 2.24) is 14.9 Å². The third kappa shape index (κ3) is 4.94. The molecular weight excluding hydrogens is 312 g/mol. The smallest absolute Gasteiger partial charge is 0.319 e. The van der Waals surface area contributed by atoms with Gasteiger partial charge in [-0.3, -0.25) is 0 Å². The van der Waals surface area contributed by atoms with Gasteiger partial charge in [-0.1, -0.05) is 43.3 Å². The number of aryl methyl sites for hydroxylation is 1. The lowest BCUT2D eigenvalue weighted by atomic mass is 10.1. The van der Waals surface area contributed by atoms with Crippen molar-refractivity contribution in [3.63, 3.8) is 0 Å². The summed E-state index contributed by atoms with van der Waals surface area (Å²) in [5, 5.41) is 5.74. The van der Waals surface area contributed by atoms with E-state index >= 15 is 0 Å². The van der Waals surface area contributed by atoms with Crippen molar-refractivity contribution >= 4 is 11.7 Å². The summed E-state index contributed by atoms with van der Waals surface area (Å²) in [4.78, 5) is 16.1. The summed E-state index contributed by atoms with van der Waals surface area (Å²) in [6, 6.07) is 15.9. The molecule has 5 nitrogen and oxygen atoms in total. The fraction of sp³-hybridized carbons (Fsp3) is 0.200. The molecule has 0 bridgehead atoms. The summed E-state index contributed by atoms with van der Waals surface area (Å²) in [5.41, 5.74) is 4.28. The first-order valence-corrected chi connectivity index (χ1v) is 8.40. The van der Waals surface area contributed by atoms with Crippen molar-refractivity contribution in [2.24, 2.45) is 0 Å². The number of hydrogen-bond donors (Lipinski definition) is 2. The number of rotatable bonds is 6.